The molecule has 1 saturated carbocycles. The summed E-state index contributed by atoms with van der Waals surface area (Å²) in [6.07, 6.45) is 9.62. The third-order valence-corrected chi connectivity index (χ3v) is 4.61. The first-order chi connectivity index (χ1) is 7.60. The Morgan fingerprint density at radius 2 is 1.69 bits per heavy atom. The van der Waals surface area contributed by atoms with Crippen LogP contribution in [0.2, 0.25) is 0 Å². The maximum atomic E-state index is 6.43. The van der Waals surface area contributed by atoms with Gasteiger partial charge in [-0.05, 0) is 52.1 Å². The average Bonchev–Trinajstić information content (AvgIpc) is 3.02. The largest absolute Gasteiger partial charge is 0.326 e. The van der Waals surface area contributed by atoms with E-state index in [9.17, 15) is 0 Å². The van der Waals surface area contributed by atoms with Crippen LogP contribution in [0.4, 0.5) is 0 Å². The van der Waals surface area contributed by atoms with Crippen LogP contribution in [0.3, 0.4) is 0 Å². The van der Waals surface area contributed by atoms with Crippen LogP contribution in [-0.2, 0) is 0 Å². The number of hydrogen-bond donors (Lipinski definition) is 1. The highest BCUT2D eigenvalue weighted by Gasteiger charge is 2.36. The molecule has 2 aliphatic rings. The average molecular weight is 224 g/mol. The van der Waals surface area contributed by atoms with Gasteiger partial charge in [0.2, 0.25) is 0 Å². The van der Waals surface area contributed by atoms with Gasteiger partial charge in [-0.15, -0.1) is 0 Å². The van der Waals surface area contributed by atoms with Crippen LogP contribution in [0.15, 0.2) is 0 Å². The molecule has 0 spiro atoms. The minimum absolute atomic E-state index is 0.201. The monoisotopic (exact) mass is 224 g/mol. The van der Waals surface area contributed by atoms with Crippen LogP contribution in [-0.4, -0.2) is 29.6 Å². The zero-order chi connectivity index (χ0) is 11.6. The molecule has 2 N–H and O–H groups in total. The Kier molecular flexibility index (Phi) is 3.91. The minimum Gasteiger partial charge on any atom is -0.326 e. The van der Waals surface area contributed by atoms with E-state index in [1.54, 1.807) is 0 Å². The standard InChI is InChI=1S/C14H28N2/c1-14(2,13(15)11-12-7-8-12)16-9-5-3-4-6-10-16/h12-13H,3-11,15H2,1-2H3. The molecule has 2 heteroatoms. The lowest BCUT2D eigenvalue weighted by Crippen LogP contribution is -2.56. The summed E-state index contributed by atoms with van der Waals surface area (Å²) in [6, 6.07) is 0.359. The lowest BCUT2D eigenvalue weighted by atomic mass is 9.89. The maximum absolute atomic E-state index is 6.43. The van der Waals surface area contributed by atoms with Crippen LogP contribution < -0.4 is 5.73 Å². The normalized spacial score (nSPS) is 26.4. The van der Waals surface area contributed by atoms with Gasteiger partial charge < -0.3 is 5.73 Å². The Labute approximate surface area is 101 Å². The lowest BCUT2D eigenvalue weighted by molar-refractivity contribution is 0.0928. The van der Waals surface area contributed by atoms with Crippen molar-refractivity contribution in [1.82, 2.24) is 4.90 Å². The van der Waals surface area contributed by atoms with Gasteiger partial charge in [0, 0.05) is 11.6 Å². The molecule has 1 unspecified atom stereocenters. The topological polar surface area (TPSA) is 29.3 Å². The smallest absolute Gasteiger partial charge is 0.0304 e. The van der Waals surface area contributed by atoms with E-state index in [4.69, 9.17) is 5.73 Å². The fourth-order valence-electron chi connectivity index (χ4n) is 2.88. The molecule has 1 aliphatic carbocycles. The molecule has 1 atom stereocenters. The van der Waals surface area contributed by atoms with E-state index in [0.29, 0.717) is 6.04 Å². The number of rotatable bonds is 4. The van der Waals surface area contributed by atoms with Crippen LogP contribution in [0.25, 0.3) is 0 Å². The summed E-state index contributed by atoms with van der Waals surface area (Å²) in [4.78, 5) is 2.65. The van der Waals surface area contributed by atoms with Gasteiger partial charge in [-0.25, -0.2) is 0 Å². The van der Waals surface area contributed by atoms with Crippen molar-refractivity contribution in [2.24, 2.45) is 11.7 Å². The Balaban J connectivity index is 1.91. The Morgan fingerprint density at radius 3 is 2.19 bits per heavy atom. The van der Waals surface area contributed by atoms with E-state index >= 15 is 0 Å². The lowest BCUT2D eigenvalue weighted by Gasteiger charge is -2.42. The summed E-state index contributed by atoms with van der Waals surface area (Å²) in [5.74, 6) is 0.946. The van der Waals surface area contributed by atoms with Gasteiger partial charge in [0.25, 0.3) is 0 Å². The Bertz CT molecular complexity index is 213. The molecule has 94 valence electrons. The molecule has 0 aromatic carbocycles. The van der Waals surface area contributed by atoms with Gasteiger partial charge in [-0.1, -0.05) is 25.7 Å². The molecule has 2 fully saturated rings. The van der Waals surface area contributed by atoms with E-state index in [-0.39, 0.29) is 5.54 Å². The second-order valence-corrected chi connectivity index (χ2v) is 6.34. The van der Waals surface area contributed by atoms with Gasteiger partial charge in [-0.3, -0.25) is 4.90 Å². The summed E-state index contributed by atoms with van der Waals surface area (Å²) in [7, 11) is 0. The van der Waals surface area contributed by atoms with Gasteiger partial charge in [0.05, 0.1) is 0 Å². The molecule has 16 heavy (non-hydrogen) atoms. The van der Waals surface area contributed by atoms with E-state index in [1.165, 1.54) is 58.0 Å². The molecular formula is C14H28N2. The third kappa shape index (κ3) is 2.98. The summed E-state index contributed by atoms with van der Waals surface area (Å²) in [5.41, 5.74) is 6.63. The SMILES string of the molecule is CC(C)(C(N)CC1CC1)N1CCCCCC1. The van der Waals surface area contributed by atoms with Crippen LogP contribution >= 0.6 is 0 Å². The van der Waals surface area contributed by atoms with Crippen molar-refractivity contribution in [2.75, 3.05) is 13.1 Å². The van der Waals surface area contributed by atoms with Crippen molar-refractivity contribution in [3.8, 4) is 0 Å². The first-order valence-electron chi connectivity index (χ1n) is 7.11. The molecule has 0 aromatic heterocycles. The minimum atomic E-state index is 0.201. The highest BCUT2D eigenvalue weighted by molar-refractivity contribution is 4.95. The van der Waals surface area contributed by atoms with Gasteiger partial charge in [-0.2, -0.15) is 0 Å². The highest BCUT2D eigenvalue weighted by Crippen LogP contribution is 2.36. The molecule has 2 nitrogen and oxygen atoms in total. The second-order valence-electron chi connectivity index (χ2n) is 6.34. The van der Waals surface area contributed by atoms with Crippen molar-refractivity contribution >= 4 is 0 Å². The van der Waals surface area contributed by atoms with Crippen LogP contribution in [0, 0.1) is 5.92 Å². The van der Waals surface area contributed by atoms with E-state index in [1.807, 2.05) is 0 Å². The van der Waals surface area contributed by atoms with Gasteiger partial charge >= 0.3 is 0 Å². The molecule has 2 rings (SSSR count). The third-order valence-electron chi connectivity index (χ3n) is 4.61. The van der Waals surface area contributed by atoms with E-state index < -0.39 is 0 Å². The van der Waals surface area contributed by atoms with Crippen molar-refractivity contribution in [2.45, 2.75) is 70.4 Å². The molecule has 1 heterocycles. The summed E-state index contributed by atoms with van der Waals surface area (Å²) >= 11 is 0. The molecule has 0 bridgehead atoms. The van der Waals surface area contributed by atoms with Crippen molar-refractivity contribution in [1.29, 1.82) is 0 Å². The summed E-state index contributed by atoms with van der Waals surface area (Å²) in [6.45, 7) is 7.22. The zero-order valence-corrected chi connectivity index (χ0v) is 11.0. The number of hydrogen-bond acceptors (Lipinski definition) is 2. The molecule has 0 aromatic rings. The quantitative estimate of drug-likeness (QED) is 0.795. The molecular weight excluding hydrogens is 196 g/mol. The summed E-state index contributed by atoms with van der Waals surface area (Å²) in [5, 5.41) is 0. The highest BCUT2D eigenvalue weighted by atomic mass is 15.2. The van der Waals surface area contributed by atoms with Gasteiger partial charge in [0.1, 0.15) is 0 Å². The number of likely N-dealkylation sites (tertiary alicyclic amines) is 1. The zero-order valence-electron chi connectivity index (χ0n) is 11.0. The second kappa shape index (κ2) is 5.05. The van der Waals surface area contributed by atoms with Gasteiger partial charge in [0.15, 0.2) is 0 Å². The number of nitrogens with zero attached hydrogens (tertiary/aromatic N) is 1. The molecule has 1 aliphatic heterocycles. The van der Waals surface area contributed by atoms with E-state index in [2.05, 4.69) is 18.7 Å². The van der Waals surface area contributed by atoms with Crippen LogP contribution in [0.1, 0.15) is 58.8 Å². The Morgan fingerprint density at radius 1 is 1.12 bits per heavy atom. The predicted molar refractivity (Wildman–Crippen MR) is 69.4 cm³/mol. The number of nitrogens with two attached hydrogens (primary N) is 1. The van der Waals surface area contributed by atoms with E-state index in [0.717, 1.165) is 5.92 Å². The first-order valence-corrected chi connectivity index (χ1v) is 7.11. The van der Waals surface area contributed by atoms with Crippen LogP contribution in [0.5, 0.6) is 0 Å². The maximum Gasteiger partial charge on any atom is 0.0304 e. The predicted octanol–water partition coefficient (Wildman–Crippen LogP) is 2.77. The molecule has 1 saturated heterocycles. The Hall–Kier alpha value is -0.0800. The van der Waals surface area contributed by atoms with Crippen molar-refractivity contribution in [3.63, 3.8) is 0 Å². The molecule has 0 amide bonds. The fraction of sp³-hybridized carbons (Fsp3) is 1.00. The van der Waals surface area contributed by atoms with Crippen molar-refractivity contribution < 1.29 is 0 Å². The fourth-order valence-corrected chi connectivity index (χ4v) is 2.88. The van der Waals surface area contributed by atoms with Crippen molar-refractivity contribution in [3.05, 3.63) is 0 Å². The first kappa shape index (κ1) is 12.4. The summed E-state index contributed by atoms with van der Waals surface area (Å²) < 4.78 is 0. The molecule has 0 radical (unpaired) electrons.